The number of halogens is 4. The number of rotatable bonds is 7. The highest BCUT2D eigenvalue weighted by molar-refractivity contribution is 7.93. The number of carbonyl (C=O) groups excluding carboxylic acids is 1. The Morgan fingerprint density at radius 1 is 1.31 bits per heavy atom. The molecular formula is C17H19ClF3NO6S. The first-order chi connectivity index (χ1) is 13.2. The van der Waals surface area contributed by atoms with E-state index in [-0.39, 0.29) is 18.7 Å². The number of alkyl halides is 3. The fraction of sp³-hybridized carbons (Fsp3) is 0.529. The monoisotopic (exact) mass is 457 g/mol. The van der Waals surface area contributed by atoms with Crippen LogP contribution in [-0.2, 0) is 19.4 Å². The van der Waals surface area contributed by atoms with Crippen LogP contribution in [-0.4, -0.2) is 55.4 Å². The minimum Gasteiger partial charge on any atom is -0.484 e. The van der Waals surface area contributed by atoms with Crippen molar-refractivity contribution in [2.75, 3.05) is 13.2 Å². The van der Waals surface area contributed by atoms with Gasteiger partial charge in [0.15, 0.2) is 22.2 Å². The van der Waals surface area contributed by atoms with Gasteiger partial charge in [-0.1, -0.05) is 11.6 Å². The predicted octanol–water partition coefficient (Wildman–Crippen LogP) is 2.47. The van der Waals surface area contributed by atoms with Crippen LogP contribution in [0.5, 0.6) is 5.75 Å². The fourth-order valence-electron chi connectivity index (χ4n) is 2.98. The molecule has 0 spiro atoms. The molecular weight excluding hydrogens is 439 g/mol. The van der Waals surface area contributed by atoms with Crippen LogP contribution in [0.4, 0.5) is 13.2 Å². The van der Waals surface area contributed by atoms with Gasteiger partial charge in [-0.25, -0.2) is 8.42 Å². The molecule has 2 atom stereocenters. The van der Waals surface area contributed by atoms with Crippen molar-refractivity contribution < 1.29 is 41.0 Å². The van der Waals surface area contributed by atoms with Crippen LogP contribution < -0.4 is 10.1 Å². The van der Waals surface area contributed by atoms with Crippen molar-refractivity contribution in [1.82, 2.24) is 5.32 Å². The zero-order valence-electron chi connectivity index (χ0n) is 15.4. The molecule has 0 unspecified atom stereocenters. The molecule has 0 amide bonds. The van der Waals surface area contributed by atoms with E-state index >= 15 is 0 Å². The van der Waals surface area contributed by atoms with Crippen molar-refractivity contribution in [3.05, 3.63) is 23.2 Å². The number of ketones is 1. The maximum atomic E-state index is 13.1. The molecule has 0 aliphatic carbocycles. The summed E-state index contributed by atoms with van der Waals surface area (Å²) in [7, 11) is -4.34. The first kappa shape index (κ1) is 23.4. The van der Waals surface area contributed by atoms with Crippen LogP contribution in [0.25, 0.3) is 0 Å². The number of sulfone groups is 1. The molecule has 12 heteroatoms. The number of carboxylic acid groups (broad SMARTS) is 1. The summed E-state index contributed by atoms with van der Waals surface area (Å²) in [5, 5.41) is 11.3. The molecule has 0 aromatic heterocycles. The van der Waals surface area contributed by atoms with Crippen molar-refractivity contribution in [3.63, 3.8) is 0 Å². The number of nitrogens with one attached hydrogen (secondary N) is 1. The number of benzene rings is 1. The molecule has 1 saturated heterocycles. The third-order valence-electron chi connectivity index (χ3n) is 4.66. The van der Waals surface area contributed by atoms with E-state index in [4.69, 9.17) is 16.7 Å². The van der Waals surface area contributed by atoms with Crippen molar-refractivity contribution in [2.45, 2.75) is 42.1 Å². The van der Waals surface area contributed by atoms with Crippen LogP contribution >= 0.6 is 11.6 Å². The van der Waals surface area contributed by atoms with Crippen molar-refractivity contribution >= 4 is 33.2 Å². The van der Waals surface area contributed by atoms with Crippen molar-refractivity contribution in [1.29, 1.82) is 0 Å². The van der Waals surface area contributed by atoms with Gasteiger partial charge in [0, 0.05) is 18.5 Å². The summed E-state index contributed by atoms with van der Waals surface area (Å²) in [4.78, 5) is 23.4. The zero-order valence-corrected chi connectivity index (χ0v) is 17.0. The van der Waals surface area contributed by atoms with Crippen LogP contribution in [0.3, 0.4) is 0 Å². The summed E-state index contributed by atoms with van der Waals surface area (Å²) in [6.07, 6.45) is -4.63. The SMILES string of the molecule is CC(C)(C(=O)[C@H]1CN[C@H](C(=O)O)C1)S(=O)(=O)c1ccc(OCC(F)(F)F)cc1Cl. The van der Waals surface area contributed by atoms with E-state index < -0.39 is 61.0 Å². The maximum absolute atomic E-state index is 13.1. The third-order valence-corrected chi connectivity index (χ3v) is 7.56. The summed E-state index contributed by atoms with van der Waals surface area (Å²) in [6.45, 7) is 0.817. The van der Waals surface area contributed by atoms with Gasteiger partial charge in [0.25, 0.3) is 0 Å². The Hall–Kier alpha value is -1.85. The average Bonchev–Trinajstić information content (AvgIpc) is 3.08. The average molecular weight is 458 g/mol. The Morgan fingerprint density at radius 2 is 1.93 bits per heavy atom. The summed E-state index contributed by atoms with van der Waals surface area (Å²) in [5.41, 5.74) is 0. The summed E-state index contributed by atoms with van der Waals surface area (Å²) < 4.78 is 65.4. The Bertz CT molecular complexity index is 916. The molecule has 1 aromatic carbocycles. The van der Waals surface area contributed by atoms with E-state index in [9.17, 15) is 31.2 Å². The molecule has 162 valence electrons. The number of hydrogen-bond donors (Lipinski definition) is 2. The Labute approximate surface area is 170 Å². The van der Waals surface area contributed by atoms with Gasteiger partial charge in [0.1, 0.15) is 16.5 Å². The van der Waals surface area contributed by atoms with Crippen LogP contribution in [0.1, 0.15) is 20.3 Å². The highest BCUT2D eigenvalue weighted by Crippen LogP contribution is 2.36. The van der Waals surface area contributed by atoms with E-state index in [1.165, 1.54) is 13.8 Å². The van der Waals surface area contributed by atoms with Crippen LogP contribution in [0.2, 0.25) is 5.02 Å². The minimum atomic E-state index is -4.57. The summed E-state index contributed by atoms with van der Waals surface area (Å²) in [6, 6.07) is 1.97. The molecule has 0 radical (unpaired) electrons. The lowest BCUT2D eigenvalue weighted by Gasteiger charge is -2.26. The quantitative estimate of drug-likeness (QED) is 0.647. The Morgan fingerprint density at radius 3 is 2.41 bits per heavy atom. The normalized spacial score (nSPS) is 20.5. The first-order valence-electron chi connectivity index (χ1n) is 8.41. The molecule has 0 bridgehead atoms. The molecule has 0 saturated carbocycles. The number of carbonyl (C=O) groups is 2. The van der Waals surface area contributed by atoms with E-state index in [2.05, 4.69) is 10.1 Å². The molecule has 29 heavy (non-hydrogen) atoms. The zero-order chi connectivity index (χ0) is 22.2. The van der Waals surface area contributed by atoms with Crippen LogP contribution in [0.15, 0.2) is 23.1 Å². The first-order valence-corrected chi connectivity index (χ1v) is 10.3. The van der Waals surface area contributed by atoms with Gasteiger partial charge in [-0.3, -0.25) is 9.59 Å². The molecule has 2 N–H and O–H groups in total. The maximum Gasteiger partial charge on any atom is 0.422 e. The summed E-state index contributed by atoms with van der Waals surface area (Å²) >= 11 is 5.96. The minimum absolute atomic E-state index is 0.0205. The Balaban J connectivity index is 2.26. The van der Waals surface area contributed by atoms with Gasteiger partial charge in [-0.05, 0) is 32.4 Å². The smallest absolute Gasteiger partial charge is 0.422 e. The largest absolute Gasteiger partial charge is 0.484 e. The topological polar surface area (TPSA) is 110 Å². The molecule has 1 aromatic rings. The van der Waals surface area contributed by atoms with Gasteiger partial charge < -0.3 is 15.2 Å². The number of carboxylic acids is 1. The van der Waals surface area contributed by atoms with Gasteiger partial charge >= 0.3 is 12.1 Å². The Kier molecular flexibility index (Phi) is 6.56. The molecule has 1 heterocycles. The van der Waals surface area contributed by atoms with E-state index in [1.807, 2.05) is 0 Å². The molecule has 1 aliphatic heterocycles. The molecule has 7 nitrogen and oxygen atoms in total. The molecule has 1 aliphatic rings. The van der Waals surface area contributed by atoms with Gasteiger partial charge in [-0.2, -0.15) is 13.2 Å². The van der Waals surface area contributed by atoms with Gasteiger partial charge in [0.2, 0.25) is 0 Å². The van der Waals surface area contributed by atoms with Crippen LogP contribution in [0, 0.1) is 5.92 Å². The van der Waals surface area contributed by atoms with E-state index in [0.29, 0.717) is 0 Å². The fourth-order valence-corrected chi connectivity index (χ4v) is 5.00. The second kappa shape index (κ2) is 8.11. The van der Waals surface area contributed by atoms with E-state index in [1.54, 1.807) is 0 Å². The number of ether oxygens (including phenoxy) is 1. The highest BCUT2D eigenvalue weighted by atomic mass is 35.5. The third kappa shape index (κ3) is 5.01. The second-order valence-corrected chi connectivity index (χ2v) is 9.98. The van der Waals surface area contributed by atoms with E-state index in [0.717, 1.165) is 18.2 Å². The van der Waals surface area contributed by atoms with Crippen molar-refractivity contribution in [3.8, 4) is 5.75 Å². The van der Waals surface area contributed by atoms with Gasteiger partial charge in [-0.15, -0.1) is 0 Å². The highest BCUT2D eigenvalue weighted by Gasteiger charge is 2.48. The predicted molar refractivity (Wildman–Crippen MR) is 96.8 cm³/mol. The standard InChI is InChI=1S/C17H19ClF3NO6S/c1-16(2,14(23)9-5-12(15(24)25)22-7-9)29(26,27)13-4-3-10(6-11(13)18)28-8-17(19,20)21/h3-4,6,9,12,22H,5,7-8H2,1-2H3,(H,24,25)/t9-,12+/m1/s1. The second-order valence-electron chi connectivity index (χ2n) is 7.11. The lowest BCUT2D eigenvalue weighted by molar-refractivity contribution is -0.153. The van der Waals surface area contributed by atoms with Crippen molar-refractivity contribution in [2.24, 2.45) is 5.92 Å². The lowest BCUT2D eigenvalue weighted by atomic mass is 9.92. The number of hydrogen-bond acceptors (Lipinski definition) is 6. The molecule has 1 fully saturated rings. The number of aliphatic carboxylic acids is 1. The number of Topliss-reactive ketones (excluding diaryl/α,β-unsaturated/α-hetero) is 1. The lowest BCUT2D eigenvalue weighted by Crippen LogP contribution is -2.45. The van der Waals surface area contributed by atoms with Gasteiger partial charge in [0.05, 0.1) is 9.92 Å². The summed E-state index contributed by atoms with van der Waals surface area (Å²) in [5.74, 6) is -2.92. The molecule has 2 rings (SSSR count).